The van der Waals surface area contributed by atoms with Crippen LogP contribution >= 0.6 is 23.1 Å². The van der Waals surface area contributed by atoms with Gasteiger partial charge in [0, 0.05) is 22.5 Å². The molecule has 0 saturated heterocycles. The number of rotatable bonds is 6. The fourth-order valence-electron chi connectivity index (χ4n) is 3.37. The van der Waals surface area contributed by atoms with E-state index in [0.717, 1.165) is 34.8 Å². The molecule has 28 heavy (non-hydrogen) atoms. The Balaban J connectivity index is 1.32. The molecule has 1 amide bonds. The zero-order valence-electron chi connectivity index (χ0n) is 15.7. The van der Waals surface area contributed by atoms with E-state index in [1.807, 2.05) is 36.6 Å². The number of thiazole rings is 1. The second-order valence-corrected chi connectivity index (χ2v) is 8.90. The molecule has 1 aliphatic carbocycles. The van der Waals surface area contributed by atoms with Crippen LogP contribution in [-0.2, 0) is 4.79 Å². The predicted molar refractivity (Wildman–Crippen MR) is 112 cm³/mol. The Morgan fingerprint density at radius 1 is 1.29 bits per heavy atom. The van der Waals surface area contributed by atoms with Crippen LogP contribution in [0, 0.1) is 6.92 Å². The van der Waals surface area contributed by atoms with Gasteiger partial charge in [-0.3, -0.25) is 4.79 Å². The molecule has 6 nitrogen and oxygen atoms in total. The fraction of sp³-hybridized carbons (Fsp3) is 0.400. The van der Waals surface area contributed by atoms with Crippen molar-refractivity contribution in [2.45, 2.75) is 50.2 Å². The maximum Gasteiger partial charge on any atom is 0.277 e. The minimum absolute atomic E-state index is 0.103. The number of hydrogen-bond acceptors (Lipinski definition) is 7. The number of anilines is 1. The third kappa shape index (κ3) is 4.80. The molecule has 3 aromatic rings. The molecule has 0 unspecified atom stereocenters. The molecule has 0 spiro atoms. The highest BCUT2D eigenvalue weighted by Gasteiger charge is 2.21. The highest BCUT2D eigenvalue weighted by molar-refractivity contribution is 7.99. The molecule has 1 fully saturated rings. The summed E-state index contributed by atoms with van der Waals surface area (Å²) in [5.74, 6) is 1.22. The van der Waals surface area contributed by atoms with Gasteiger partial charge in [-0.25, -0.2) is 4.98 Å². The van der Waals surface area contributed by atoms with Crippen molar-refractivity contribution in [3.63, 3.8) is 0 Å². The Morgan fingerprint density at radius 2 is 2.14 bits per heavy atom. The van der Waals surface area contributed by atoms with Crippen LogP contribution in [-0.4, -0.2) is 26.8 Å². The van der Waals surface area contributed by atoms with Gasteiger partial charge in [-0.05, 0) is 31.9 Å². The molecule has 2 aromatic heterocycles. The van der Waals surface area contributed by atoms with Gasteiger partial charge in [0.05, 0.1) is 16.5 Å². The summed E-state index contributed by atoms with van der Waals surface area (Å²) in [6, 6.07) is 7.72. The number of carbonyl (C=O) groups is 1. The van der Waals surface area contributed by atoms with Crippen LogP contribution in [0.5, 0.6) is 0 Å². The van der Waals surface area contributed by atoms with Crippen LogP contribution in [0.2, 0.25) is 0 Å². The van der Waals surface area contributed by atoms with Crippen LogP contribution in [0.3, 0.4) is 0 Å². The van der Waals surface area contributed by atoms with E-state index in [1.165, 1.54) is 31.0 Å². The van der Waals surface area contributed by atoms with Crippen molar-refractivity contribution in [3.8, 4) is 11.3 Å². The van der Waals surface area contributed by atoms with Gasteiger partial charge in [0.1, 0.15) is 0 Å². The average molecular weight is 415 g/mol. The first kappa shape index (κ1) is 19.1. The topological polar surface area (TPSA) is 80.9 Å². The van der Waals surface area contributed by atoms with Gasteiger partial charge < -0.3 is 9.73 Å². The number of amides is 1. The Morgan fingerprint density at radius 3 is 2.93 bits per heavy atom. The molecule has 1 saturated carbocycles. The summed E-state index contributed by atoms with van der Waals surface area (Å²) in [5.41, 5.74) is 2.67. The van der Waals surface area contributed by atoms with Gasteiger partial charge in [-0.1, -0.05) is 43.2 Å². The van der Waals surface area contributed by atoms with E-state index in [2.05, 4.69) is 20.5 Å². The Labute approximate surface area is 172 Å². The lowest BCUT2D eigenvalue weighted by Crippen LogP contribution is -2.14. The molecule has 1 aliphatic rings. The van der Waals surface area contributed by atoms with Gasteiger partial charge >= 0.3 is 0 Å². The number of nitrogens with zero attached hydrogens (tertiary/aromatic N) is 3. The molecule has 2 heterocycles. The van der Waals surface area contributed by atoms with Crippen LogP contribution in [0.15, 0.2) is 39.3 Å². The zero-order valence-corrected chi connectivity index (χ0v) is 17.3. The van der Waals surface area contributed by atoms with E-state index in [9.17, 15) is 4.79 Å². The van der Waals surface area contributed by atoms with Crippen LogP contribution in [0.25, 0.3) is 11.3 Å². The number of carbonyl (C=O) groups excluding carboxylic acids is 1. The van der Waals surface area contributed by atoms with Gasteiger partial charge in [-0.2, -0.15) is 0 Å². The number of benzene rings is 1. The minimum atomic E-state index is -0.103. The van der Waals surface area contributed by atoms with Crippen molar-refractivity contribution in [3.05, 3.63) is 40.5 Å². The van der Waals surface area contributed by atoms with Crippen molar-refractivity contribution in [1.29, 1.82) is 0 Å². The lowest BCUT2D eigenvalue weighted by atomic mass is 9.89. The first-order valence-electron chi connectivity index (χ1n) is 9.46. The number of aromatic nitrogens is 3. The summed E-state index contributed by atoms with van der Waals surface area (Å²) >= 11 is 2.89. The van der Waals surface area contributed by atoms with Crippen molar-refractivity contribution in [2.75, 3.05) is 11.1 Å². The predicted octanol–water partition coefficient (Wildman–Crippen LogP) is 5.28. The molecule has 0 bridgehead atoms. The van der Waals surface area contributed by atoms with E-state index in [1.54, 1.807) is 11.3 Å². The molecule has 0 aliphatic heterocycles. The SMILES string of the molecule is Cc1nc(-c2cccc(NC(=O)CSc3nnc(C4CCCCC4)o3)c2)cs1. The average Bonchev–Trinajstić information content (AvgIpc) is 3.36. The standard InChI is InChI=1S/C20H22N4O2S2/c1-13-21-17(11-27-13)15-8-5-9-16(10-15)22-18(25)12-28-20-24-23-19(26-20)14-6-3-2-4-7-14/h5,8-11,14H,2-4,6-7,12H2,1H3,(H,22,25). The molecule has 0 atom stereocenters. The van der Waals surface area contributed by atoms with Gasteiger partial charge in [-0.15, -0.1) is 21.5 Å². The van der Waals surface area contributed by atoms with Crippen LogP contribution in [0.1, 0.15) is 48.9 Å². The summed E-state index contributed by atoms with van der Waals surface area (Å²) in [6.45, 7) is 1.98. The van der Waals surface area contributed by atoms with Crippen molar-refractivity contribution < 1.29 is 9.21 Å². The molecule has 1 aromatic carbocycles. The summed E-state index contributed by atoms with van der Waals surface area (Å²) in [6.07, 6.45) is 5.95. The molecule has 146 valence electrons. The molecule has 4 rings (SSSR count). The Hall–Kier alpha value is -2.19. The largest absolute Gasteiger partial charge is 0.416 e. The third-order valence-corrected chi connectivity index (χ3v) is 6.36. The number of hydrogen-bond donors (Lipinski definition) is 1. The van der Waals surface area contributed by atoms with Crippen LogP contribution in [0.4, 0.5) is 5.69 Å². The highest BCUT2D eigenvalue weighted by atomic mass is 32.2. The molecule has 1 N–H and O–H groups in total. The van der Waals surface area contributed by atoms with E-state index < -0.39 is 0 Å². The maximum atomic E-state index is 12.3. The van der Waals surface area contributed by atoms with Crippen molar-refractivity contribution >= 4 is 34.7 Å². The maximum absolute atomic E-state index is 12.3. The van der Waals surface area contributed by atoms with E-state index in [-0.39, 0.29) is 11.7 Å². The third-order valence-electron chi connectivity index (χ3n) is 4.76. The zero-order chi connectivity index (χ0) is 19.3. The lowest BCUT2D eigenvalue weighted by Gasteiger charge is -2.17. The first-order chi connectivity index (χ1) is 13.7. The lowest BCUT2D eigenvalue weighted by molar-refractivity contribution is -0.113. The summed E-state index contributed by atoms with van der Waals surface area (Å²) in [7, 11) is 0. The molecular formula is C20H22N4O2S2. The van der Waals surface area contributed by atoms with Gasteiger partial charge in [0.15, 0.2) is 0 Å². The molecule has 8 heteroatoms. The second-order valence-electron chi connectivity index (χ2n) is 6.91. The minimum Gasteiger partial charge on any atom is -0.416 e. The number of aryl methyl sites for hydroxylation is 1. The van der Waals surface area contributed by atoms with Gasteiger partial charge in [0.2, 0.25) is 11.8 Å². The molecule has 0 radical (unpaired) electrons. The monoisotopic (exact) mass is 414 g/mol. The fourth-order valence-corrected chi connectivity index (χ4v) is 4.56. The van der Waals surface area contributed by atoms with E-state index in [0.29, 0.717) is 17.0 Å². The quantitative estimate of drug-likeness (QED) is 0.553. The number of thioether (sulfide) groups is 1. The van der Waals surface area contributed by atoms with E-state index >= 15 is 0 Å². The van der Waals surface area contributed by atoms with Crippen molar-refractivity contribution in [2.24, 2.45) is 0 Å². The smallest absolute Gasteiger partial charge is 0.277 e. The summed E-state index contributed by atoms with van der Waals surface area (Å²) < 4.78 is 5.76. The summed E-state index contributed by atoms with van der Waals surface area (Å²) in [4.78, 5) is 16.8. The van der Waals surface area contributed by atoms with Gasteiger partial charge in [0.25, 0.3) is 5.22 Å². The summed E-state index contributed by atoms with van der Waals surface area (Å²) in [5, 5.41) is 14.7. The Bertz CT molecular complexity index is 947. The molecular weight excluding hydrogens is 392 g/mol. The Kier molecular flexibility index (Phi) is 6.07. The normalized spacial score (nSPS) is 14.9. The van der Waals surface area contributed by atoms with Crippen molar-refractivity contribution in [1.82, 2.24) is 15.2 Å². The first-order valence-corrected chi connectivity index (χ1v) is 11.3. The number of nitrogens with one attached hydrogen (secondary N) is 1. The second kappa shape index (κ2) is 8.87. The highest BCUT2D eigenvalue weighted by Crippen LogP contribution is 2.33. The van der Waals surface area contributed by atoms with E-state index in [4.69, 9.17) is 4.42 Å². The van der Waals surface area contributed by atoms with Crippen LogP contribution < -0.4 is 5.32 Å².